The molecule has 3 saturated carbocycles. The summed E-state index contributed by atoms with van der Waals surface area (Å²) in [6.45, 7) is 11.4. The van der Waals surface area contributed by atoms with Gasteiger partial charge in [0.15, 0.2) is 14.1 Å². The molecule has 4 aliphatic rings. The zero-order valence-electron chi connectivity index (χ0n) is 17.7. The lowest BCUT2D eigenvalue weighted by atomic mass is 9.46. The molecule has 4 rings (SSSR count). The van der Waals surface area contributed by atoms with Crippen molar-refractivity contribution >= 4 is 14.1 Å². The van der Waals surface area contributed by atoms with Gasteiger partial charge in [0.2, 0.25) is 0 Å². The molecular formula is C23H35NO2Si. The Bertz CT molecular complexity index is 732. The van der Waals surface area contributed by atoms with Crippen LogP contribution in [0.4, 0.5) is 0 Å². The van der Waals surface area contributed by atoms with Gasteiger partial charge >= 0.3 is 0 Å². The first-order valence-electron chi connectivity index (χ1n) is 10.9. The van der Waals surface area contributed by atoms with Crippen LogP contribution in [0.1, 0.15) is 65.2 Å². The summed E-state index contributed by atoms with van der Waals surface area (Å²) in [7, 11) is -1.80. The van der Waals surface area contributed by atoms with E-state index in [4.69, 9.17) is 4.43 Å². The maximum atomic E-state index is 12.0. The molecule has 0 spiro atoms. The highest BCUT2D eigenvalue weighted by atomic mass is 28.4. The van der Waals surface area contributed by atoms with Gasteiger partial charge in [-0.15, -0.1) is 0 Å². The van der Waals surface area contributed by atoms with Gasteiger partial charge in [0.1, 0.15) is 5.60 Å². The van der Waals surface area contributed by atoms with E-state index in [9.17, 15) is 10.1 Å². The van der Waals surface area contributed by atoms with Crippen molar-refractivity contribution in [3.05, 3.63) is 11.6 Å². The third-order valence-corrected chi connectivity index (χ3v) is 9.70. The smallest absolute Gasteiger partial charge is 0.185 e. The van der Waals surface area contributed by atoms with Gasteiger partial charge in [-0.25, -0.2) is 0 Å². The van der Waals surface area contributed by atoms with Gasteiger partial charge in [0, 0.05) is 11.8 Å². The SMILES string of the molecule is C[C@]12CCC(=O)C=C1CC[C@H]1[C@H]3CC[C@@](C#N)(O[Si](C)(C)C)[C@@]3(C)CC[C@@H]12. The van der Waals surface area contributed by atoms with Gasteiger partial charge in [-0.2, -0.15) is 5.26 Å². The third-order valence-electron chi connectivity index (χ3n) is 8.74. The van der Waals surface area contributed by atoms with Gasteiger partial charge in [0.05, 0.1) is 6.07 Å². The van der Waals surface area contributed by atoms with Crippen LogP contribution in [-0.2, 0) is 9.22 Å². The molecule has 0 bridgehead atoms. The fraction of sp³-hybridized carbons (Fsp3) is 0.826. The van der Waals surface area contributed by atoms with Gasteiger partial charge in [-0.3, -0.25) is 4.79 Å². The second-order valence-corrected chi connectivity index (χ2v) is 15.5. The standard InChI is InChI=1S/C23H35NO2Si/c1-21-11-8-17(25)14-16(21)6-7-18-19(21)9-12-22(2)20(18)10-13-23(22,15-24)26-27(3,4)5/h14,18-20H,6-13H2,1-5H3/t18-,19+,20-,21+,22+,23+/m1/s1. The van der Waals surface area contributed by atoms with Crippen molar-refractivity contribution < 1.29 is 9.22 Å². The molecule has 0 saturated heterocycles. The fourth-order valence-corrected chi connectivity index (χ4v) is 8.88. The van der Waals surface area contributed by atoms with Crippen LogP contribution in [0.5, 0.6) is 0 Å². The summed E-state index contributed by atoms with van der Waals surface area (Å²) < 4.78 is 6.66. The zero-order valence-corrected chi connectivity index (χ0v) is 18.7. The summed E-state index contributed by atoms with van der Waals surface area (Å²) >= 11 is 0. The first-order valence-corrected chi connectivity index (χ1v) is 14.3. The number of hydrogen-bond acceptors (Lipinski definition) is 3. The predicted octanol–water partition coefficient (Wildman–Crippen LogP) is 5.63. The summed E-state index contributed by atoms with van der Waals surface area (Å²) in [5, 5.41) is 10.2. The van der Waals surface area contributed by atoms with Crippen LogP contribution in [0.3, 0.4) is 0 Å². The zero-order chi connectivity index (χ0) is 19.7. The first-order chi connectivity index (χ1) is 12.5. The largest absolute Gasteiger partial charge is 0.399 e. The molecule has 3 nitrogen and oxygen atoms in total. The van der Waals surface area contributed by atoms with Crippen LogP contribution in [0.2, 0.25) is 19.6 Å². The van der Waals surface area contributed by atoms with Gasteiger partial charge < -0.3 is 4.43 Å². The normalized spacial score (nSPS) is 46.7. The number of carbonyl (C=O) groups is 1. The van der Waals surface area contributed by atoms with Crippen molar-refractivity contribution in [1.82, 2.24) is 0 Å². The highest BCUT2D eigenvalue weighted by molar-refractivity contribution is 6.69. The van der Waals surface area contributed by atoms with E-state index < -0.39 is 13.9 Å². The number of fused-ring (bicyclic) bond motifs is 5. The van der Waals surface area contributed by atoms with E-state index in [0.717, 1.165) is 32.1 Å². The summed E-state index contributed by atoms with van der Waals surface area (Å²) in [5.74, 6) is 2.27. The third kappa shape index (κ3) is 2.72. The van der Waals surface area contributed by atoms with E-state index in [1.165, 1.54) is 18.4 Å². The molecule has 0 aromatic heterocycles. The van der Waals surface area contributed by atoms with Crippen molar-refractivity contribution in [2.24, 2.45) is 28.6 Å². The van der Waals surface area contributed by atoms with Crippen molar-refractivity contribution in [2.45, 2.75) is 90.5 Å². The fourth-order valence-electron chi connectivity index (χ4n) is 7.45. The minimum Gasteiger partial charge on any atom is -0.399 e. The maximum absolute atomic E-state index is 12.0. The van der Waals surface area contributed by atoms with Gasteiger partial charge in [0.25, 0.3) is 0 Å². The van der Waals surface area contributed by atoms with E-state index >= 15 is 0 Å². The molecule has 0 aromatic rings. The lowest BCUT2D eigenvalue weighted by Gasteiger charge is -2.59. The maximum Gasteiger partial charge on any atom is 0.185 e. The first kappa shape index (κ1) is 19.4. The van der Waals surface area contributed by atoms with Gasteiger partial charge in [-0.1, -0.05) is 19.4 Å². The molecule has 0 heterocycles. The lowest BCUT2D eigenvalue weighted by molar-refractivity contribution is -0.118. The number of ketones is 1. The molecule has 3 fully saturated rings. The van der Waals surface area contributed by atoms with Crippen molar-refractivity contribution in [3.63, 3.8) is 0 Å². The number of allylic oxidation sites excluding steroid dienone is 1. The Balaban J connectivity index is 1.68. The molecule has 0 aliphatic heterocycles. The van der Waals surface area contributed by atoms with Crippen LogP contribution in [0, 0.1) is 39.9 Å². The topological polar surface area (TPSA) is 50.1 Å². The van der Waals surface area contributed by atoms with E-state index in [1.54, 1.807) is 0 Å². The summed E-state index contributed by atoms with van der Waals surface area (Å²) in [4.78, 5) is 12.0. The number of nitrogens with zero attached hydrogens (tertiary/aromatic N) is 1. The minimum absolute atomic E-state index is 0.0226. The number of carbonyl (C=O) groups excluding carboxylic acids is 1. The molecule has 0 N–H and O–H groups in total. The molecule has 27 heavy (non-hydrogen) atoms. The summed E-state index contributed by atoms with van der Waals surface area (Å²) in [6.07, 6.45) is 10.3. The second-order valence-electron chi connectivity index (χ2n) is 11.1. The van der Waals surface area contributed by atoms with Crippen LogP contribution >= 0.6 is 0 Å². The molecule has 0 radical (unpaired) electrons. The summed E-state index contributed by atoms with van der Waals surface area (Å²) in [6, 6.07) is 2.70. The Kier molecular flexibility index (Phi) is 4.34. The van der Waals surface area contributed by atoms with E-state index in [2.05, 4.69) is 39.6 Å². The molecule has 148 valence electrons. The molecule has 0 aromatic carbocycles. The Labute approximate surface area is 165 Å². The van der Waals surface area contributed by atoms with E-state index in [0.29, 0.717) is 30.0 Å². The van der Waals surface area contributed by atoms with Gasteiger partial charge in [-0.05, 0) is 93.8 Å². The molecule has 0 unspecified atom stereocenters. The van der Waals surface area contributed by atoms with Crippen LogP contribution in [0.15, 0.2) is 11.6 Å². The van der Waals surface area contributed by atoms with Crippen molar-refractivity contribution in [3.8, 4) is 6.07 Å². The second kappa shape index (κ2) is 6.04. The number of nitriles is 1. The molecule has 0 amide bonds. The minimum atomic E-state index is -1.80. The van der Waals surface area contributed by atoms with Crippen LogP contribution < -0.4 is 0 Å². The average Bonchev–Trinajstić information content (AvgIpc) is 2.87. The Morgan fingerprint density at radius 2 is 1.78 bits per heavy atom. The molecule has 4 aliphatic carbocycles. The highest BCUT2D eigenvalue weighted by Crippen LogP contribution is 2.68. The Morgan fingerprint density at radius 3 is 2.44 bits per heavy atom. The van der Waals surface area contributed by atoms with Crippen LogP contribution in [-0.4, -0.2) is 19.7 Å². The van der Waals surface area contributed by atoms with Crippen molar-refractivity contribution in [1.29, 1.82) is 5.26 Å². The molecule has 6 atom stereocenters. The predicted molar refractivity (Wildman–Crippen MR) is 109 cm³/mol. The van der Waals surface area contributed by atoms with E-state index in [-0.39, 0.29) is 10.8 Å². The molecular weight excluding hydrogens is 350 g/mol. The molecule has 4 heteroatoms. The van der Waals surface area contributed by atoms with Crippen molar-refractivity contribution in [2.75, 3.05) is 0 Å². The van der Waals surface area contributed by atoms with E-state index in [1.807, 2.05) is 6.08 Å². The monoisotopic (exact) mass is 385 g/mol. The highest BCUT2D eigenvalue weighted by Gasteiger charge is 2.66. The average molecular weight is 386 g/mol. The Morgan fingerprint density at radius 1 is 1.07 bits per heavy atom. The number of rotatable bonds is 2. The lowest BCUT2D eigenvalue weighted by Crippen LogP contribution is -2.57. The number of hydrogen-bond donors (Lipinski definition) is 0. The quantitative estimate of drug-likeness (QED) is 0.579. The summed E-state index contributed by atoms with van der Waals surface area (Å²) in [5.41, 5.74) is 1.01. The Hall–Kier alpha value is -0.923. The van der Waals surface area contributed by atoms with Crippen LogP contribution in [0.25, 0.3) is 0 Å².